The van der Waals surface area contributed by atoms with Gasteiger partial charge in [0.1, 0.15) is 11.5 Å². The number of fused-ring (bicyclic) bond motifs is 1. The number of nitrogens with zero attached hydrogens (tertiary/aromatic N) is 2. The smallest absolute Gasteiger partial charge is 0.277 e. The molecule has 0 bridgehead atoms. The number of aryl methyl sites for hydroxylation is 2. The third-order valence-electron chi connectivity index (χ3n) is 4.05. The van der Waals surface area contributed by atoms with Crippen LogP contribution in [0.3, 0.4) is 0 Å². The number of rotatable bonds is 4. The summed E-state index contributed by atoms with van der Waals surface area (Å²) in [7, 11) is 0. The number of nitrogens with one attached hydrogen (secondary N) is 1. The zero-order valence-corrected chi connectivity index (χ0v) is 12.6. The molecule has 22 heavy (non-hydrogen) atoms. The van der Waals surface area contributed by atoms with Crippen LogP contribution < -0.4 is 10.9 Å². The Kier molecular flexibility index (Phi) is 4.04. The van der Waals surface area contributed by atoms with Gasteiger partial charge in [-0.15, -0.1) is 0 Å². The molecular formula is C17H19N3O2. The summed E-state index contributed by atoms with van der Waals surface area (Å²) in [6.45, 7) is 2.00. The zero-order chi connectivity index (χ0) is 15.5. The predicted molar refractivity (Wildman–Crippen MR) is 84.9 cm³/mol. The van der Waals surface area contributed by atoms with Crippen molar-refractivity contribution in [2.45, 2.75) is 38.6 Å². The summed E-state index contributed by atoms with van der Waals surface area (Å²) in [5, 5.41) is 2.70. The molecule has 0 saturated carbocycles. The van der Waals surface area contributed by atoms with Gasteiger partial charge in [-0.1, -0.05) is 30.3 Å². The number of amides is 1. The predicted octanol–water partition coefficient (Wildman–Crippen LogP) is 2.32. The van der Waals surface area contributed by atoms with Crippen LogP contribution in [0, 0.1) is 0 Å². The van der Waals surface area contributed by atoms with Crippen LogP contribution in [0.4, 0.5) is 5.69 Å². The van der Waals surface area contributed by atoms with Crippen LogP contribution in [0.2, 0.25) is 0 Å². The minimum absolute atomic E-state index is 0.149. The van der Waals surface area contributed by atoms with Crippen molar-refractivity contribution in [3.8, 4) is 0 Å². The highest BCUT2D eigenvalue weighted by atomic mass is 16.2. The first-order valence-electron chi connectivity index (χ1n) is 7.59. The molecule has 1 amide bonds. The SMILES string of the molecule is C[C@@H]1CCc2ncc(NC(=O)CCc3ccccc3)c(=O)n21. The molecule has 0 radical (unpaired) electrons. The van der Waals surface area contributed by atoms with Crippen molar-refractivity contribution in [2.75, 3.05) is 5.32 Å². The fourth-order valence-electron chi connectivity index (χ4n) is 2.81. The fraction of sp³-hybridized carbons (Fsp3) is 0.353. The maximum Gasteiger partial charge on any atom is 0.277 e. The molecule has 0 aliphatic carbocycles. The van der Waals surface area contributed by atoms with Gasteiger partial charge in [-0.25, -0.2) is 4.98 Å². The maximum absolute atomic E-state index is 12.4. The van der Waals surface area contributed by atoms with E-state index < -0.39 is 0 Å². The molecular weight excluding hydrogens is 278 g/mol. The quantitative estimate of drug-likeness (QED) is 0.942. The molecule has 114 valence electrons. The molecule has 3 rings (SSSR count). The summed E-state index contributed by atoms with van der Waals surface area (Å²) in [6, 6.07) is 9.97. The first-order chi connectivity index (χ1) is 10.6. The highest BCUT2D eigenvalue weighted by molar-refractivity contribution is 5.90. The van der Waals surface area contributed by atoms with Gasteiger partial charge in [0.05, 0.1) is 6.20 Å². The van der Waals surface area contributed by atoms with Crippen molar-refractivity contribution in [1.82, 2.24) is 9.55 Å². The van der Waals surface area contributed by atoms with E-state index in [1.165, 1.54) is 6.20 Å². The number of hydrogen-bond donors (Lipinski definition) is 1. The number of benzene rings is 1. The maximum atomic E-state index is 12.4. The fourth-order valence-corrected chi connectivity index (χ4v) is 2.81. The van der Waals surface area contributed by atoms with Gasteiger partial charge in [0.15, 0.2) is 0 Å². The van der Waals surface area contributed by atoms with Gasteiger partial charge >= 0.3 is 0 Å². The Morgan fingerprint density at radius 3 is 2.91 bits per heavy atom. The Morgan fingerprint density at radius 2 is 2.14 bits per heavy atom. The van der Waals surface area contributed by atoms with Gasteiger partial charge in [0.25, 0.3) is 5.56 Å². The van der Waals surface area contributed by atoms with Crippen LogP contribution in [0.5, 0.6) is 0 Å². The first kappa shape index (κ1) is 14.5. The monoisotopic (exact) mass is 297 g/mol. The molecule has 5 heteroatoms. The van der Waals surface area contributed by atoms with E-state index in [-0.39, 0.29) is 23.2 Å². The van der Waals surface area contributed by atoms with E-state index in [0.29, 0.717) is 12.8 Å². The number of anilines is 1. The van der Waals surface area contributed by atoms with Crippen molar-refractivity contribution >= 4 is 11.6 Å². The second kappa shape index (κ2) is 6.13. The summed E-state index contributed by atoms with van der Waals surface area (Å²) in [6.07, 6.45) is 4.22. The minimum atomic E-state index is -0.158. The van der Waals surface area contributed by atoms with Crippen LogP contribution in [0.15, 0.2) is 41.3 Å². The number of carbonyl (C=O) groups is 1. The average Bonchev–Trinajstić information content (AvgIpc) is 2.91. The second-order valence-corrected chi connectivity index (χ2v) is 5.68. The summed E-state index contributed by atoms with van der Waals surface area (Å²) >= 11 is 0. The first-order valence-corrected chi connectivity index (χ1v) is 7.59. The van der Waals surface area contributed by atoms with Gasteiger partial charge in [0, 0.05) is 18.9 Å². The second-order valence-electron chi connectivity index (χ2n) is 5.68. The van der Waals surface area contributed by atoms with Crippen LogP contribution in [0.1, 0.15) is 37.2 Å². The lowest BCUT2D eigenvalue weighted by atomic mass is 10.1. The number of carbonyl (C=O) groups excluding carboxylic acids is 1. The van der Waals surface area contributed by atoms with Gasteiger partial charge in [-0.05, 0) is 25.3 Å². The normalized spacial score (nSPS) is 16.3. The summed E-state index contributed by atoms with van der Waals surface area (Å²) in [5.41, 5.74) is 1.23. The lowest BCUT2D eigenvalue weighted by Crippen LogP contribution is -2.28. The average molecular weight is 297 g/mol. The van der Waals surface area contributed by atoms with Crippen LogP contribution in [0.25, 0.3) is 0 Å². The summed E-state index contributed by atoms with van der Waals surface area (Å²) in [5.74, 6) is 0.647. The van der Waals surface area contributed by atoms with Crippen LogP contribution in [-0.4, -0.2) is 15.5 Å². The Morgan fingerprint density at radius 1 is 1.36 bits per heavy atom. The molecule has 1 aliphatic heterocycles. The Balaban J connectivity index is 1.67. The van der Waals surface area contributed by atoms with Gasteiger partial charge < -0.3 is 5.32 Å². The molecule has 0 fully saturated rings. The van der Waals surface area contributed by atoms with E-state index in [9.17, 15) is 9.59 Å². The highest BCUT2D eigenvalue weighted by Crippen LogP contribution is 2.21. The van der Waals surface area contributed by atoms with E-state index in [0.717, 1.165) is 24.2 Å². The highest BCUT2D eigenvalue weighted by Gasteiger charge is 2.22. The Labute approximate surface area is 129 Å². The largest absolute Gasteiger partial charge is 0.320 e. The molecule has 0 saturated heterocycles. The molecule has 2 heterocycles. The standard InChI is InChI=1S/C17H19N3O2/c1-12-7-9-15-18-11-14(17(22)20(12)15)19-16(21)10-8-13-5-3-2-4-6-13/h2-6,11-12H,7-10H2,1H3,(H,19,21)/t12-/m1/s1. The Bertz CT molecular complexity index is 737. The lowest BCUT2D eigenvalue weighted by molar-refractivity contribution is -0.116. The summed E-state index contributed by atoms with van der Waals surface area (Å²) in [4.78, 5) is 28.7. The van der Waals surface area contributed by atoms with Gasteiger partial charge in [-0.3, -0.25) is 14.2 Å². The molecule has 1 N–H and O–H groups in total. The van der Waals surface area contributed by atoms with Gasteiger partial charge in [0.2, 0.25) is 5.91 Å². The molecule has 1 aromatic carbocycles. The molecule has 0 spiro atoms. The van der Waals surface area contributed by atoms with Gasteiger partial charge in [-0.2, -0.15) is 0 Å². The van der Waals surface area contributed by atoms with Crippen molar-refractivity contribution in [3.05, 3.63) is 58.3 Å². The molecule has 1 atom stereocenters. The zero-order valence-electron chi connectivity index (χ0n) is 12.6. The van der Waals surface area contributed by atoms with E-state index in [4.69, 9.17) is 0 Å². The molecule has 0 unspecified atom stereocenters. The molecule has 1 aromatic heterocycles. The molecule has 1 aliphatic rings. The summed E-state index contributed by atoms with van der Waals surface area (Å²) < 4.78 is 1.69. The third kappa shape index (κ3) is 2.93. The van der Waals surface area contributed by atoms with Crippen LogP contribution in [-0.2, 0) is 17.6 Å². The van der Waals surface area contributed by atoms with E-state index in [1.54, 1.807) is 4.57 Å². The topological polar surface area (TPSA) is 64.0 Å². The lowest BCUT2D eigenvalue weighted by Gasteiger charge is -2.11. The van der Waals surface area contributed by atoms with Crippen molar-refractivity contribution in [3.63, 3.8) is 0 Å². The Hall–Kier alpha value is -2.43. The minimum Gasteiger partial charge on any atom is -0.320 e. The van der Waals surface area contributed by atoms with E-state index >= 15 is 0 Å². The van der Waals surface area contributed by atoms with E-state index in [1.807, 2.05) is 37.3 Å². The molecule has 5 nitrogen and oxygen atoms in total. The van der Waals surface area contributed by atoms with Crippen LogP contribution >= 0.6 is 0 Å². The number of aromatic nitrogens is 2. The molecule has 2 aromatic rings. The van der Waals surface area contributed by atoms with Crippen molar-refractivity contribution < 1.29 is 4.79 Å². The third-order valence-corrected chi connectivity index (χ3v) is 4.05. The van der Waals surface area contributed by atoms with Crippen molar-refractivity contribution in [2.24, 2.45) is 0 Å². The van der Waals surface area contributed by atoms with E-state index in [2.05, 4.69) is 10.3 Å². The van der Waals surface area contributed by atoms with Crippen molar-refractivity contribution in [1.29, 1.82) is 0 Å². The number of hydrogen-bond acceptors (Lipinski definition) is 3.